The summed E-state index contributed by atoms with van der Waals surface area (Å²) in [7, 11) is 0. The van der Waals surface area contributed by atoms with Gasteiger partial charge in [-0.2, -0.15) is 0 Å². The van der Waals surface area contributed by atoms with E-state index in [1.165, 1.54) is 36.3 Å². The van der Waals surface area contributed by atoms with E-state index in [0.717, 1.165) is 66.3 Å². The number of thiophene rings is 1. The Kier molecular flexibility index (Phi) is 7.37. The molecule has 12 aromatic rings. The van der Waals surface area contributed by atoms with E-state index < -0.39 is 0 Å². The molecule has 3 aromatic heterocycles. The van der Waals surface area contributed by atoms with Gasteiger partial charge in [-0.15, -0.1) is 11.3 Å². The van der Waals surface area contributed by atoms with Gasteiger partial charge in [0.2, 0.25) is 0 Å². The Bertz CT molecular complexity index is 3570. The van der Waals surface area contributed by atoms with E-state index in [4.69, 9.17) is 19.4 Å². The molecule has 12 rings (SSSR count). The van der Waals surface area contributed by atoms with Crippen molar-refractivity contribution < 1.29 is 4.42 Å². The second-order valence-corrected chi connectivity index (χ2v) is 15.9. The summed E-state index contributed by atoms with van der Waals surface area (Å²) in [6.07, 6.45) is 0. The van der Waals surface area contributed by atoms with Crippen LogP contribution in [-0.4, -0.2) is 15.0 Å². The van der Waals surface area contributed by atoms with E-state index in [1.54, 1.807) is 11.3 Å². The van der Waals surface area contributed by atoms with Crippen molar-refractivity contribution >= 4 is 75.0 Å². The average molecular weight is 758 g/mol. The van der Waals surface area contributed by atoms with Crippen molar-refractivity contribution in [3.05, 3.63) is 188 Å². The van der Waals surface area contributed by atoms with E-state index in [1.807, 2.05) is 30.3 Å². The van der Waals surface area contributed by atoms with Crippen LogP contribution in [0.3, 0.4) is 0 Å². The zero-order valence-electron chi connectivity index (χ0n) is 31.1. The lowest BCUT2D eigenvalue weighted by Crippen LogP contribution is -2.00. The summed E-state index contributed by atoms with van der Waals surface area (Å²) in [5.41, 5.74) is 9.00. The molecule has 0 unspecified atom stereocenters. The predicted molar refractivity (Wildman–Crippen MR) is 242 cm³/mol. The van der Waals surface area contributed by atoms with Crippen molar-refractivity contribution in [3.8, 4) is 56.4 Å². The van der Waals surface area contributed by atoms with Crippen LogP contribution in [0.1, 0.15) is 0 Å². The Hall–Kier alpha value is -7.47. The van der Waals surface area contributed by atoms with Crippen LogP contribution in [0.5, 0.6) is 0 Å². The lowest BCUT2D eigenvalue weighted by atomic mass is 9.93. The maximum absolute atomic E-state index is 6.69. The zero-order valence-corrected chi connectivity index (χ0v) is 31.9. The van der Waals surface area contributed by atoms with Crippen LogP contribution in [0.4, 0.5) is 0 Å². The van der Waals surface area contributed by atoms with E-state index in [0.29, 0.717) is 17.5 Å². The SMILES string of the molecule is c1ccc(-c2nc(-c3ccc(-c4cc(-c5ccc6ccccc6c5)cc5oc6cc7ccccc7cc6c45)cc3)nc(-c3ccc4c(c3)sc3ccccc34)n2)cc1. The Morgan fingerprint density at radius 3 is 1.71 bits per heavy atom. The van der Waals surface area contributed by atoms with Crippen LogP contribution in [0.25, 0.3) is 120 Å². The lowest BCUT2D eigenvalue weighted by Gasteiger charge is -2.11. The van der Waals surface area contributed by atoms with Crippen LogP contribution in [0, 0.1) is 0 Å². The first kappa shape index (κ1) is 32.7. The van der Waals surface area contributed by atoms with Gasteiger partial charge in [0, 0.05) is 47.6 Å². The Balaban J connectivity index is 1.01. The van der Waals surface area contributed by atoms with Gasteiger partial charge >= 0.3 is 0 Å². The van der Waals surface area contributed by atoms with E-state index in [2.05, 4.69) is 158 Å². The molecule has 3 heterocycles. The lowest BCUT2D eigenvalue weighted by molar-refractivity contribution is 0.669. The fraction of sp³-hybridized carbons (Fsp3) is 0. The van der Waals surface area contributed by atoms with Crippen LogP contribution >= 0.6 is 11.3 Å². The van der Waals surface area contributed by atoms with Gasteiger partial charge in [0.25, 0.3) is 0 Å². The first-order chi connectivity index (χ1) is 28.7. The van der Waals surface area contributed by atoms with Crippen LogP contribution < -0.4 is 0 Å². The quantitative estimate of drug-likeness (QED) is 0.175. The third kappa shape index (κ3) is 5.47. The third-order valence-corrected chi connectivity index (χ3v) is 12.4. The van der Waals surface area contributed by atoms with Gasteiger partial charge in [-0.3, -0.25) is 0 Å². The molecule has 0 amide bonds. The summed E-state index contributed by atoms with van der Waals surface area (Å²) in [6, 6.07) is 66.4. The normalized spacial score (nSPS) is 11.8. The van der Waals surface area contributed by atoms with Crippen LogP contribution in [0.15, 0.2) is 192 Å². The molecule has 0 atom stereocenters. The molecular weight excluding hydrogens is 727 g/mol. The highest BCUT2D eigenvalue weighted by Crippen LogP contribution is 2.42. The highest BCUT2D eigenvalue weighted by molar-refractivity contribution is 7.25. The standard InChI is InChI=1S/C53H31N3OS/c1-2-11-34(12-3-1)51-54-52(56-53(55-51)40-24-25-43-42-16-8-9-17-48(42)58-49(43)31-40)35-21-19-33(20-22-35)44-28-41(39-23-18-32-10-4-5-13-36(32)26-39)30-47-50(44)45-27-37-14-6-7-15-38(37)29-46(45)57-47/h1-31H. The monoisotopic (exact) mass is 757 g/mol. The van der Waals surface area contributed by atoms with Gasteiger partial charge in [0.05, 0.1) is 0 Å². The minimum Gasteiger partial charge on any atom is -0.456 e. The molecule has 0 radical (unpaired) electrons. The third-order valence-electron chi connectivity index (χ3n) is 11.3. The summed E-state index contributed by atoms with van der Waals surface area (Å²) in [4.78, 5) is 15.2. The maximum Gasteiger partial charge on any atom is 0.164 e. The highest BCUT2D eigenvalue weighted by atomic mass is 32.1. The highest BCUT2D eigenvalue weighted by Gasteiger charge is 2.18. The topological polar surface area (TPSA) is 51.8 Å². The van der Waals surface area contributed by atoms with Crippen molar-refractivity contribution in [2.75, 3.05) is 0 Å². The molecule has 0 N–H and O–H groups in total. The summed E-state index contributed by atoms with van der Waals surface area (Å²) < 4.78 is 9.18. The number of aromatic nitrogens is 3. The number of rotatable bonds is 5. The molecule has 5 heteroatoms. The molecule has 9 aromatic carbocycles. The Labute approximate surface area is 337 Å². The van der Waals surface area contributed by atoms with Crippen molar-refractivity contribution in [3.63, 3.8) is 0 Å². The Morgan fingerprint density at radius 2 is 0.914 bits per heavy atom. The summed E-state index contributed by atoms with van der Waals surface area (Å²) >= 11 is 1.80. The smallest absolute Gasteiger partial charge is 0.164 e. The molecule has 0 fully saturated rings. The van der Waals surface area contributed by atoms with Gasteiger partial charge in [-0.1, -0.05) is 146 Å². The molecular formula is C53H31N3OS. The number of benzene rings is 9. The largest absolute Gasteiger partial charge is 0.456 e. The molecule has 0 saturated heterocycles. The van der Waals surface area contributed by atoms with E-state index in [9.17, 15) is 0 Å². The fourth-order valence-electron chi connectivity index (χ4n) is 8.37. The van der Waals surface area contributed by atoms with Crippen molar-refractivity contribution in [1.29, 1.82) is 0 Å². The van der Waals surface area contributed by atoms with Gasteiger partial charge in [0.15, 0.2) is 17.5 Å². The fourth-order valence-corrected chi connectivity index (χ4v) is 9.51. The van der Waals surface area contributed by atoms with E-state index >= 15 is 0 Å². The van der Waals surface area contributed by atoms with Gasteiger partial charge in [-0.05, 0) is 86.3 Å². The second kappa shape index (κ2) is 13.1. The van der Waals surface area contributed by atoms with Crippen LogP contribution in [0.2, 0.25) is 0 Å². The molecule has 0 aliphatic heterocycles. The molecule has 0 aliphatic carbocycles. The second-order valence-electron chi connectivity index (χ2n) is 14.8. The summed E-state index contributed by atoms with van der Waals surface area (Å²) in [5.74, 6) is 1.92. The number of hydrogen-bond donors (Lipinski definition) is 0. The van der Waals surface area contributed by atoms with Crippen molar-refractivity contribution in [1.82, 2.24) is 15.0 Å². The molecule has 0 aliphatic rings. The summed E-state index contributed by atoms with van der Waals surface area (Å²) in [5, 5.41) is 9.48. The zero-order chi connectivity index (χ0) is 38.2. The van der Waals surface area contributed by atoms with Crippen molar-refractivity contribution in [2.24, 2.45) is 0 Å². The minimum absolute atomic E-state index is 0.627. The number of hydrogen-bond acceptors (Lipinski definition) is 5. The number of nitrogens with zero attached hydrogens (tertiary/aromatic N) is 3. The summed E-state index contributed by atoms with van der Waals surface area (Å²) in [6.45, 7) is 0. The molecule has 0 saturated carbocycles. The van der Waals surface area contributed by atoms with Gasteiger partial charge in [-0.25, -0.2) is 15.0 Å². The van der Waals surface area contributed by atoms with Crippen molar-refractivity contribution in [2.45, 2.75) is 0 Å². The van der Waals surface area contributed by atoms with Crippen LogP contribution in [-0.2, 0) is 0 Å². The van der Waals surface area contributed by atoms with E-state index in [-0.39, 0.29) is 0 Å². The maximum atomic E-state index is 6.69. The molecule has 58 heavy (non-hydrogen) atoms. The van der Waals surface area contributed by atoms with Gasteiger partial charge < -0.3 is 4.42 Å². The number of furan rings is 1. The number of fused-ring (bicyclic) bond motifs is 8. The molecule has 4 nitrogen and oxygen atoms in total. The molecule has 0 spiro atoms. The first-order valence-electron chi connectivity index (χ1n) is 19.4. The Morgan fingerprint density at radius 1 is 0.328 bits per heavy atom. The molecule has 0 bridgehead atoms. The molecule has 270 valence electrons. The van der Waals surface area contributed by atoms with Gasteiger partial charge in [0.1, 0.15) is 11.2 Å². The average Bonchev–Trinajstić information content (AvgIpc) is 3.85. The minimum atomic E-state index is 0.627. The first-order valence-corrected chi connectivity index (χ1v) is 20.2. The predicted octanol–water partition coefficient (Wildman–Crippen LogP) is 14.8.